The van der Waals surface area contributed by atoms with Gasteiger partial charge in [-0.3, -0.25) is 9.78 Å². The summed E-state index contributed by atoms with van der Waals surface area (Å²) in [5, 5.41) is 4.97. The number of benzene rings is 1. The van der Waals surface area contributed by atoms with E-state index in [1.54, 1.807) is 18.2 Å². The fourth-order valence-corrected chi connectivity index (χ4v) is 2.38. The Labute approximate surface area is 153 Å². The highest BCUT2D eigenvalue weighted by Crippen LogP contribution is 2.36. The van der Waals surface area contributed by atoms with Crippen LogP contribution >= 0.6 is 0 Å². The van der Waals surface area contributed by atoms with Crippen LogP contribution < -0.4 is 15.4 Å². The lowest BCUT2D eigenvalue weighted by molar-refractivity contribution is 0.0963. The van der Waals surface area contributed by atoms with E-state index in [-0.39, 0.29) is 11.4 Å². The molecule has 0 atom stereocenters. The molecule has 7 nitrogen and oxygen atoms in total. The van der Waals surface area contributed by atoms with Crippen LogP contribution in [-0.2, 0) is 0 Å². The largest absolute Gasteiger partial charge is 0.494 e. The minimum Gasteiger partial charge on any atom is -0.494 e. The summed E-state index contributed by atoms with van der Waals surface area (Å²) in [5.41, 5.74) is 1.32. The lowest BCUT2D eigenvalue weighted by Crippen LogP contribution is -2.19. The van der Waals surface area contributed by atoms with Gasteiger partial charge < -0.3 is 15.4 Å². The molecule has 1 aromatic carbocycles. The first-order valence-electron chi connectivity index (χ1n) is 8.97. The highest BCUT2D eigenvalue weighted by molar-refractivity contribution is 6.00. The molecule has 0 aliphatic carbocycles. The van der Waals surface area contributed by atoms with Crippen LogP contribution in [0.5, 0.6) is 5.75 Å². The third-order valence-electron chi connectivity index (χ3n) is 3.53. The first-order chi connectivity index (χ1) is 13.8. The van der Waals surface area contributed by atoms with Gasteiger partial charge in [0.25, 0.3) is 5.91 Å². The van der Waals surface area contributed by atoms with Crippen molar-refractivity contribution in [3.63, 3.8) is 0 Å². The van der Waals surface area contributed by atoms with E-state index >= 15 is 0 Å². The summed E-state index contributed by atoms with van der Waals surface area (Å²) in [5.74, 6) is -0.763. The number of amides is 1. The van der Waals surface area contributed by atoms with E-state index in [0.29, 0.717) is 22.7 Å². The molecule has 26 heavy (non-hydrogen) atoms. The molecule has 0 saturated carbocycles. The van der Waals surface area contributed by atoms with Crippen LogP contribution in [0.25, 0.3) is 11.4 Å². The van der Waals surface area contributed by atoms with E-state index in [2.05, 4.69) is 20.3 Å². The van der Waals surface area contributed by atoms with Crippen molar-refractivity contribution in [1.29, 1.82) is 0 Å². The molecule has 2 heterocycles. The van der Waals surface area contributed by atoms with Crippen molar-refractivity contribution in [1.82, 2.24) is 20.3 Å². The van der Waals surface area contributed by atoms with Crippen LogP contribution in [0.1, 0.15) is 14.5 Å². The average Bonchev–Trinajstić information content (AvgIpc) is 2.67. The molecule has 0 unspecified atom stereocenters. The van der Waals surface area contributed by atoms with E-state index in [1.165, 1.54) is 25.6 Å². The molecule has 132 valence electrons. The number of hydrogen-bond acceptors (Lipinski definition) is 6. The molecule has 0 bridgehead atoms. The van der Waals surface area contributed by atoms with Gasteiger partial charge in [0.2, 0.25) is 0 Å². The van der Waals surface area contributed by atoms with Gasteiger partial charge in [0.05, 0.1) is 42.0 Å². The maximum atomic E-state index is 13.1. The summed E-state index contributed by atoms with van der Waals surface area (Å²) in [6.07, 6.45) is 4.79. The van der Waals surface area contributed by atoms with Crippen LogP contribution in [0.2, 0.25) is 0 Å². The van der Waals surface area contributed by atoms with Gasteiger partial charge in [-0.1, -0.05) is 6.07 Å². The maximum Gasteiger partial charge on any atom is 0.254 e. The summed E-state index contributed by atoms with van der Waals surface area (Å²) >= 11 is 0. The van der Waals surface area contributed by atoms with Crippen LogP contribution in [0.3, 0.4) is 0 Å². The molecule has 0 saturated heterocycles. The molecule has 0 aliphatic rings. The molecule has 0 fully saturated rings. The number of halogens is 1. The van der Waals surface area contributed by atoms with Crippen molar-refractivity contribution in [3.8, 4) is 17.1 Å². The normalized spacial score (nSPS) is 12.5. The van der Waals surface area contributed by atoms with Gasteiger partial charge in [-0.15, -0.1) is 0 Å². The second-order valence-corrected chi connectivity index (χ2v) is 5.11. The molecule has 3 aromatic rings. The number of methoxy groups -OCH3 is 1. The Morgan fingerprint density at radius 1 is 1.19 bits per heavy atom. The van der Waals surface area contributed by atoms with Crippen molar-refractivity contribution < 1.29 is 18.0 Å². The van der Waals surface area contributed by atoms with Gasteiger partial charge in [-0.2, -0.15) is 0 Å². The lowest BCUT2D eigenvalue weighted by atomic mass is 10.1. The number of ether oxygens (including phenoxy) is 1. The summed E-state index contributed by atoms with van der Waals surface area (Å²) in [6.45, 7) is -2.64. The first kappa shape index (κ1) is 13.7. The smallest absolute Gasteiger partial charge is 0.254 e. The second-order valence-electron chi connectivity index (χ2n) is 5.11. The number of hydrogen-bond donors (Lipinski definition) is 2. The standard InChI is InChI=1S/C18H16FN5O2/c1-20-18(25)13-10-21-7-6-14(13)24-15-5-3-4-12(16(15)26-2)17-22-8-11(19)9-23-17/h3-10H,1-2H3,(H,20,25)(H,21,24)/i1D3. The molecule has 1 amide bonds. The predicted octanol–water partition coefficient (Wildman–Crippen LogP) is 2.79. The fourth-order valence-electron chi connectivity index (χ4n) is 2.38. The van der Waals surface area contributed by atoms with Crippen LogP contribution in [0, 0.1) is 5.82 Å². The number of pyridine rings is 1. The number of carbonyl (C=O) groups is 1. The van der Waals surface area contributed by atoms with Crippen molar-refractivity contribution in [3.05, 3.63) is 60.4 Å². The van der Waals surface area contributed by atoms with Gasteiger partial charge in [0.15, 0.2) is 17.4 Å². The predicted molar refractivity (Wildman–Crippen MR) is 94.9 cm³/mol. The summed E-state index contributed by atoms with van der Waals surface area (Å²) in [7, 11) is 1.45. The number of aromatic nitrogens is 3. The molecule has 2 N–H and O–H groups in total. The summed E-state index contributed by atoms with van der Waals surface area (Å²) < 4.78 is 40.2. The minimum atomic E-state index is -2.64. The van der Waals surface area contributed by atoms with Crippen molar-refractivity contribution >= 4 is 17.3 Å². The molecule has 0 spiro atoms. The molecule has 0 aliphatic heterocycles. The number of carbonyl (C=O) groups excluding carboxylic acids is 1. The monoisotopic (exact) mass is 356 g/mol. The quantitative estimate of drug-likeness (QED) is 0.731. The molecule has 0 radical (unpaired) electrons. The maximum absolute atomic E-state index is 13.1. The van der Waals surface area contributed by atoms with Crippen LogP contribution in [-0.4, -0.2) is 34.9 Å². The Balaban J connectivity index is 1.98. The number of rotatable bonds is 5. The number of para-hydroxylation sites is 1. The van der Waals surface area contributed by atoms with E-state index in [9.17, 15) is 9.18 Å². The highest BCUT2D eigenvalue weighted by atomic mass is 19.1. The van der Waals surface area contributed by atoms with Crippen LogP contribution in [0.15, 0.2) is 49.1 Å². The van der Waals surface area contributed by atoms with Gasteiger partial charge in [0.1, 0.15) is 0 Å². The zero-order valence-corrected chi connectivity index (χ0v) is 13.7. The Morgan fingerprint density at radius 2 is 2.00 bits per heavy atom. The zero-order valence-electron chi connectivity index (χ0n) is 16.7. The van der Waals surface area contributed by atoms with Crippen molar-refractivity contribution in [2.75, 3.05) is 19.4 Å². The van der Waals surface area contributed by atoms with E-state index in [0.717, 1.165) is 12.4 Å². The highest BCUT2D eigenvalue weighted by Gasteiger charge is 2.16. The van der Waals surface area contributed by atoms with E-state index in [1.807, 2.05) is 5.32 Å². The zero-order chi connectivity index (χ0) is 21.0. The van der Waals surface area contributed by atoms with Gasteiger partial charge in [-0.25, -0.2) is 14.4 Å². The molecular formula is C18H16FN5O2. The van der Waals surface area contributed by atoms with Crippen molar-refractivity contribution in [2.45, 2.75) is 0 Å². The third kappa shape index (κ3) is 3.44. The Kier molecular flexibility index (Phi) is 3.99. The molecule has 2 aromatic heterocycles. The second kappa shape index (κ2) is 7.56. The van der Waals surface area contributed by atoms with Crippen LogP contribution in [0.4, 0.5) is 15.8 Å². The SMILES string of the molecule is [2H]C([2H])([2H])NC(=O)c1cnccc1Nc1cccc(-c2ncc(F)cn2)c1OC. The lowest BCUT2D eigenvalue weighted by Gasteiger charge is -2.16. The summed E-state index contributed by atoms with van der Waals surface area (Å²) in [6, 6.07) is 6.62. The first-order valence-corrected chi connectivity index (χ1v) is 7.47. The number of anilines is 2. The molecule has 3 rings (SSSR count). The Morgan fingerprint density at radius 3 is 2.73 bits per heavy atom. The van der Waals surface area contributed by atoms with E-state index in [4.69, 9.17) is 8.85 Å². The topological polar surface area (TPSA) is 89.0 Å². The van der Waals surface area contributed by atoms with E-state index < -0.39 is 18.7 Å². The van der Waals surface area contributed by atoms with Gasteiger partial charge >= 0.3 is 0 Å². The molecule has 8 heteroatoms. The molecular weight excluding hydrogens is 337 g/mol. The summed E-state index contributed by atoms with van der Waals surface area (Å²) in [4.78, 5) is 24.1. The number of nitrogens with one attached hydrogen (secondary N) is 2. The minimum absolute atomic E-state index is 0.0362. The fraction of sp³-hybridized carbons (Fsp3) is 0.111. The average molecular weight is 356 g/mol. The van der Waals surface area contributed by atoms with Gasteiger partial charge in [-0.05, 0) is 18.2 Å². The Bertz CT molecular complexity index is 1030. The van der Waals surface area contributed by atoms with Crippen molar-refractivity contribution in [2.24, 2.45) is 0 Å². The third-order valence-corrected chi connectivity index (χ3v) is 3.53. The van der Waals surface area contributed by atoms with Gasteiger partial charge in [0, 0.05) is 23.5 Å². The number of nitrogens with zero attached hydrogens (tertiary/aromatic N) is 3. The Hall–Kier alpha value is -3.55.